The second-order valence-electron chi connectivity index (χ2n) is 6.07. The average Bonchev–Trinajstić information content (AvgIpc) is 2.59. The quantitative estimate of drug-likeness (QED) is 0.602. The molecule has 0 spiro atoms. The number of carbonyl (C=O) groups is 1. The topological polar surface area (TPSA) is 43.8 Å². The molecule has 1 aliphatic rings. The van der Waals surface area contributed by atoms with Crippen LogP contribution < -0.4 is 9.80 Å². The van der Waals surface area contributed by atoms with Gasteiger partial charge in [-0.1, -0.05) is 6.92 Å². The maximum absolute atomic E-state index is 13.8. The van der Waals surface area contributed by atoms with Crippen molar-refractivity contribution < 1.29 is 27.5 Å². The molecule has 0 unspecified atom stereocenters. The maximum atomic E-state index is 13.8. The number of hydrogen-bond acceptors (Lipinski definition) is 3. The van der Waals surface area contributed by atoms with E-state index in [0.29, 0.717) is 16.5 Å². The molecule has 1 fully saturated rings. The molecule has 4 nitrogen and oxygen atoms in total. The summed E-state index contributed by atoms with van der Waals surface area (Å²) in [7, 11) is 0. The molecule has 1 aromatic rings. The summed E-state index contributed by atoms with van der Waals surface area (Å²) in [6.07, 6.45) is -0.739. The number of carboxylic acid groups (broad SMARTS) is 1. The number of alkyl halides is 1. The Morgan fingerprint density at radius 2 is 1.92 bits per heavy atom. The zero-order valence-electron chi connectivity index (χ0n) is 13.8. The van der Waals surface area contributed by atoms with Crippen LogP contribution in [0.5, 0.6) is 0 Å². The van der Waals surface area contributed by atoms with Crippen LogP contribution in [0.2, 0.25) is 0 Å². The monoisotopic (exact) mass is 360 g/mol. The van der Waals surface area contributed by atoms with E-state index >= 15 is 0 Å². The van der Waals surface area contributed by atoms with Gasteiger partial charge in [-0.15, -0.1) is 0 Å². The number of anilines is 2. The van der Waals surface area contributed by atoms with Crippen molar-refractivity contribution in [1.82, 2.24) is 0 Å². The lowest BCUT2D eigenvalue weighted by Gasteiger charge is -2.33. The molecule has 1 N–H and O–H groups in total. The van der Waals surface area contributed by atoms with Crippen molar-refractivity contribution in [3.05, 3.63) is 35.8 Å². The van der Waals surface area contributed by atoms with E-state index < -0.39 is 31.2 Å². The second kappa shape index (κ2) is 8.22. The smallest absolute Gasteiger partial charge is 0.337 e. The van der Waals surface area contributed by atoms with E-state index in [1.54, 1.807) is 6.07 Å². The fourth-order valence-corrected chi connectivity index (χ4v) is 2.90. The van der Waals surface area contributed by atoms with Gasteiger partial charge < -0.3 is 14.9 Å². The van der Waals surface area contributed by atoms with Gasteiger partial charge in [-0.2, -0.15) is 13.2 Å². The summed E-state index contributed by atoms with van der Waals surface area (Å²) in [4.78, 5) is 13.7. The minimum atomic E-state index is -2.62. The van der Waals surface area contributed by atoms with Crippen molar-refractivity contribution in [3.63, 3.8) is 0 Å². The highest BCUT2D eigenvalue weighted by molar-refractivity contribution is 5.96. The summed E-state index contributed by atoms with van der Waals surface area (Å²) in [5, 5.41) is 9.28. The standard InChI is InChI=1S/C17H20F4N2O2/c1-11-4-7-22(8-5-11)12-2-3-13(17(24)25)14(10-12)23(9-6-18)16(21)15(19)20/h2-3,10-11H,4-9H2,1H3,(H,24,25). The Morgan fingerprint density at radius 3 is 2.44 bits per heavy atom. The molecule has 0 atom stereocenters. The predicted molar refractivity (Wildman–Crippen MR) is 87.7 cm³/mol. The zero-order valence-corrected chi connectivity index (χ0v) is 13.8. The Morgan fingerprint density at radius 1 is 1.28 bits per heavy atom. The van der Waals surface area contributed by atoms with Crippen LogP contribution in [0, 0.1) is 5.92 Å². The molecule has 1 heterocycles. The molecule has 25 heavy (non-hydrogen) atoms. The summed E-state index contributed by atoms with van der Waals surface area (Å²) in [6.45, 7) is 1.77. The number of rotatable bonds is 6. The van der Waals surface area contributed by atoms with E-state index in [-0.39, 0.29) is 11.3 Å². The Balaban J connectivity index is 2.46. The Hall–Kier alpha value is -2.25. The van der Waals surface area contributed by atoms with Gasteiger partial charge in [0.05, 0.1) is 17.8 Å². The molecule has 1 aliphatic heterocycles. The second-order valence-corrected chi connectivity index (χ2v) is 6.07. The highest BCUT2D eigenvalue weighted by atomic mass is 19.3. The molecule has 1 saturated heterocycles. The number of halogens is 4. The van der Waals surface area contributed by atoms with Gasteiger partial charge in [0.25, 0.3) is 5.95 Å². The van der Waals surface area contributed by atoms with Crippen molar-refractivity contribution >= 4 is 17.3 Å². The van der Waals surface area contributed by atoms with Gasteiger partial charge in [-0.05, 0) is 37.0 Å². The number of nitrogens with zero attached hydrogens (tertiary/aromatic N) is 2. The third-order valence-corrected chi connectivity index (χ3v) is 4.35. The van der Waals surface area contributed by atoms with E-state index in [2.05, 4.69) is 6.92 Å². The van der Waals surface area contributed by atoms with Crippen LogP contribution in [-0.4, -0.2) is 37.4 Å². The van der Waals surface area contributed by atoms with Crippen LogP contribution in [0.1, 0.15) is 30.1 Å². The third kappa shape index (κ3) is 4.43. The van der Waals surface area contributed by atoms with Crippen LogP contribution in [0.3, 0.4) is 0 Å². The maximum Gasteiger partial charge on any atom is 0.337 e. The predicted octanol–water partition coefficient (Wildman–Crippen LogP) is 4.43. The van der Waals surface area contributed by atoms with Crippen LogP contribution in [0.15, 0.2) is 30.2 Å². The lowest BCUT2D eigenvalue weighted by molar-refractivity contribution is 0.0697. The molecular weight excluding hydrogens is 340 g/mol. The summed E-state index contributed by atoms with van der Waals surface area (Å²) >= 11 is 0. The molecule has 0 aliphatic carbocycles. The van der Waals surface area contributed by atoms with Gasteiger partial charge in [0, 0.05) is 18.8 Å². The molecule has 1 aromatic carbocycles. The van der Waals surface area contributed by atoms with E-state index in [1.165, 1.54) is 12.1 Å². The van der Waals surface area contributed by atoms with Gasteiger partial charge in [0.15, 0.2) is 0 Å². The molecule has 0 bridgehead atoms. The van der Waals surface area contributed by atoms with Crippen LogP contribution in [-0.2, 0) is 0 Å². The van der Waals surface area contributed by atoms with Crippen LogP contribution in [0.25, 0.3) is 0 Å². The minimum Gasteiger partial charge on any atom is -0.478 e. The third-order valence-electron chi connectivity index (χ3n) is 4.35. The summed E-state index contributed by atoms with van der Waals surface area (Å²) < 4.78 is 52.0. The minimum absolute atomic E-state index is 0.286. The number of benzene rings is 1. The van der Waals surface area contributed by atoms with E-state index in [0.717, 1.165) is 25.9 Å². The molecular formula is C17H20F4N2O2. The lowest BCUT2D eigenvalue weighted by atomic mass is 9.98. The van der Waals surface area contributed by atoms with E-state index in [9.17, 15) is 27.5 Å². The number of piperidine rings is 1. The zero-order chi connectivity index (χ0) is 18.6. The van der Waals surface area contributed by atoms with Gasteiger partial charge in [-0.25, -0.2) is 9.18 Å². The first-order chi connectivity index (χ1) is 11.8. The van der Waals surface area contributed by atoms with Gasteiger partial charge in [0.2, 0.25) is 0 Å². The fourth-order valence-electron chi connectivity index (χ4n) is 2.90. The van der Waals surface area contributed by atoms with Crippen molar-refractivity contribution in [2.75, 3.05) is 36.1 Å². The fraction of sp³-hybridized carbons (Fsp3) is 0.471. The van der Waals surface area contributed by atoms with Crippen LogP contribution >= 0.6 is 0 Å². The van der Waals surface area contributed by atoms with Gasteiger partial charge >= 0.3 is 12.0 Å². The number of aromatic carboxylic acids is 1. The van der Waals surface area contributed by atoms with Crippen molar-refractivity contribution in [2.45, 2.75) is 19.8 Å². The van der Waals surface area contributed by atoms with E-state index in [1.807, 2.05) is 4.90 Å². The Labute approximate surface area is 143 Å². The van der Waals surface area contributed by atoms with Crippen molar-refractivity contribution in [1.29, 1.82) is 0 Å². The number of carboxylic acids is 1. The molecule has 0 amide bonds. The molecule has 8 heteroatoms. The van der Waals surface area contributed by atoms with Gasteiger partial charge in [0.1, 0.15) is 6.67 Å². The summed E-state index contributed by atoms with van der Waals surface area (Å²) in [5.74, 6) is -2.77. The van der Waals surface area contributed by atoms with Crippen molar-refractivity contribution in [3.8, 4) is 0 Å². The highest BCUT2D eigenvalue weighted by Crippen LogP contribution is 2.33. The largest absolute Gasteiger partial charge is 0.478 e. The average molecular weight is 360 g/mol. The molecule has 0 saturated carbocycles. The normalized spacial score (nSPS) is 15.2. The molecule has 138 valence electrons. The summed E-state index contributed by atoms with van der Waals surface area (Å²) in [6, 6.07) is 4.13. The first-order valence-corrected chi connectivity index (χ1v) is 8.01. The molecule has 0 aromatic heterocycles. The first kappa shape index (κ1) is 19.1. The highest BCUT2D eigenvalue weighted by Gasteiger charge is 2.25. The Kier molecular flexibility index (Phi) is 6.27. The SMILES string of the molecule is CC1CCN(c2ccc(C(=O)O)c(N(CCF)C(F)=C(F)F)c2)CC1. The first-order valence-electron chi connectivity index (χ1n) is 8.01. The summed E-state index contributed by atoms with van der Waals surface area (Å²) in [5.41, 5.74) is -0.0478. The van der Waals surface area contributed by atoms with Crippen LogP contribution in [0.4, 0.5) is 28.9 Å². The molecule has 2 rings (SSSR count). The van der Waals surface area contributed by atoms with Crippen molar-refractivity contribution in [2.24, 2.45) is 5.92 Å². The lowest BCUT2D eigenvalue weighted by Crippen LogP contribution is -2.33. The molecule has 0 radical (unpaired) electrons. The van der Waals surface area contributed by atoms with E-state index in [4.69, 9.17) is 0 Å². The van der Waals surface area contributed by atoms with Gasteiger partial charge in [-0.3, -0.25) is 0 Å². The number of hydrogen-bond donors (Lipinski definition) is 1. The Bertz CT molecular complexity index is 654.